The van der Waals surface area contributed by atoms with Crippen molar-refractivity contribution in [3.8, 4) is 0 Å². The number of rotatable bonds is 2. The first kappa shape index (κ1) is 14.1. The molecular formula is C12H17ClN2O2. The van der Waals surface area contributed by atoms with Crippen molar-refractivity contribution in [3.05, 3.63) is 28.5 Å². The average molecular weight is 257 g/mol. The standard InChI is InChI=1S/C10H11ClN2O.C2H6O/c11-10-8-2-4-12-9(3-6-14)7(8)1-5-13-10;1-3-2/h1,5-6,9,12H,2-4H2;1-2H3. The number of nitrogens with one attached hydrogen (secondary N) is 1. The SMILES string of the molecule is COC.O=CCC1NCCc2c1ccnc2Cl. The third kappa shape index (κ3) is 3.77. The van der Waals surface area contributed by atoms with Gasteiger partial charge in [0.2, 0.25) is 0 Å². The van der Waals surface area contributed by atoms with Crippen molar-refractivity contribution >= 4 is 17.9 Å². The van der Waals surface area contributed by atoms with Crippen LogP contribution in [0.15, 0.2) is 12.3 Å². The number of halogens is 1. The van der Waals surface area contributed by atoms with Crippen molar-refractivity contribution in [3.63, 3.8) is 0 Å². The molecule has 0 aliphatic carbocycles. The van der Waals surface area contributed by atoms with Crippen molar-refractivity contribution in [1.82, 2.24) is 10.3 Å². The van der Waals surface area contributed by atoms with E-state index in [1.54, 1.807) is 20.4 Å². The molecule has 1 N–H and O–H groups in total. The molecule has 0 fully saturated rings. The number of pyridine rings is 1. The van der Waals surface area contributed by atoms with Gasteiger partial charge in [0.1, 0.15) is 11.4 Å². The Balaban J connectivity index is 0.000000437. The molecule has 0 saturated heterocycles. The van der Waals surface area contributed by atoms with Gasteiger partial charge in [-0.15, -0.1) is 0 Å². The minimum absolute atomic E-state index is 0.108. The third-order valence-corrected chi connectivity index (χ3v) is 2.84. The van der Waals surface area contributed by atoms with Crippen LogP contribution in [0.2, 0.25) is 5.15 Å². The Bertz CT molecular complexity index is 372. The number of hydrogen-bond donors (Lipinski definition) is 1. The maximum atomic E-state index is 10.5. The first-order valence-electron chi connectivity index (χ1n) is 5.45. The summed E-state index contributed by atoms with van der Waals surface area (Å²) in [5.74, 6) is 0. The first-order valence-corrected chi connectivity index (χ1v) is 5.82. The number of carbonyl (C=O) groups is 1. The molecule has 17 heavy (non-hydrogen) atoms. The van der Waals surface area contributed by atoms with Gasteiger partial charge in [0.25, 0.3) is 0 Å². The van der Waals surface area contributed by atoms with E-state index in [0.29, 0.717) is 11.6 Å². The Morgan fingerprint density at radius 3 is 3.00 bits per heavy atom. The van der Waals surface area contributed by atoms with Gasteiger partial charge in [0, 0.05) is 32.9 Å². The van der Waals surface area contributed by atoms with Crippen LogP contribution < -0.4 is 5.32 Å². The molecule has 94 valence electrons. The van der Waals surface area contributed by atoms with Crippen LogP contribution in [0.3, 0.4) is 0 Å². The monoisotopic (exact) mass is 256 g/mol. The molecule has 0 radical (unpaired) electrons. The van der Waals surface area contributed by atoms with Gasteiger partial charge >= 0.3 is 0 Å². The van der Waals surface area contributed by atoms with E-state index < -0.39 is 0 Å². The summed E-state index contributed by atoms with van der Waals surface area (Å²) in [6, 6.07) is 2.04. The molecule has 1 aromatic heterocycles. The molecule has 0 aromatic carbocycles. The topological polar surface area (TPSA) is 51.2 Å². The predicted octanol–water partition coefficient (Wildman–Crippen LogP) is 1.77. The molecule has 1 atom stereocenters. The van der Waals surface area contributed by atoms with Gasteiger partial charge in [-0.05, 0) is 30.2 Å². The van der Waals surface area contributed by atoms with Gasteiger partial charge < -0.3 is 14.8 Å². The molecule has 4 nitrogen and oxygen atoms in total. The van der Waals surface area contributed by atoms with E-state index in [0.717, 1.165) is 30.4 Å². The highest BCUT2D eigenvalue weighted by atomic mass is 35.5. The summed E-state index contributed by atoms with van der Waals surface area (Å²) in [6.45, 7) is 0.858. The minimum atomic E-state index is 0.108. The summed E-state index contributed by atoms with van der Waals surface area (Å²) >= 11 is 5.98. The number of aromatic nitrogens is 1. The van der Waals surface area contributed by atoms with Crippen LogP contribution in [0.5, 0.6) is 0 Å². The van der Waals surface area contributed by atoms with Crippen molar-refractivity contribution in [2.75, 3.05) is 20.8 Å². The van der Waals surface area contributed by atoms with Crippen molar-refractivity contribution in [2.45, 2.75) is 18.9 Å². The lowest BCUT2D eigenvalue weighted by Gasteiger charge is -2.25. The molecule has 0 bridgehead atoms. The second kappa shape index (κ2) is 7.37. The summed E-state index contributed by atoms with van der Waals surface area (Å²) in [4.78, 5) is 14.5. The zero-order chi connectivity index (χ0) is 12.7. The maximum absolute atomic E-state index is 10.5. The smallest absolute Gasteiger partial charge is 0.132 e. The Morgan fingerprint density at radius 1 is 1.65 bits per heavy atom. The molecule has 1 unspecified atom stereocenters. The molecule has 0 amide bonds. The summed E-state index contributed by atoms with van der Waals surface area (Å²) in [6.07, 6.45) is 4.00. The van der Waals surface area contributed by atoms with Crippen LogP contribution in [0.1, 0.15) is 23.6 Å². The summed E-state index contributed by atoms with van der Waals surface area (Å²) in [7, 11) is 3.25. The number of fused-ring (bicyclic) bond motifs is 1. The van der Waals surface area contributed by atoms with Gasteiger partial charge in [-0.25, -0.2) is 4.98 Å². The van der Waals surface area contributed by atoms with Crippen molar-refractivity contribution in [1.29, 1.82) is 0 Å². The van der Waals surface area contributed by atoms with Crippen LogP contribution in [-0.4, -0.2) is 32.0 Å². The molecular weight excluding hydrogens is 240 g/mol. The lowest BCUT2D eigenvalue weighted by Crippen LogP contribution is -2.30. The summed E-state index contributed by atoms with van der Waals surface area (Å²) < 4.78 is 4.25. The Hall–Kier alpha value is -0.970. The Labute approximate surface area is 106 Å². The minimum Gasteiger partial charge on any atom is -0.388 e. The number of hydrogen-bond acceptors (Lipinski definition) is 4. The fraction of sp³-hybridized carbons (Fsp3) is 0.500. The second-order valence-electron chi connectivity index (χ2n) is 3.74. The van der Waals surface area contributed by atoms with Crippen molar-refractivity contribution in [2.24, 2.45) is 0 Å². The molecule has 0 spiro atoms. The highest BCUT2D eigenvalue weighted by Gasteiger charge is 2.21. The van der Waals surface area contributed by atoms with Gasteiger partial charge in [0.05, 0.1) is 0 Å². The second-order valence-corrected chi connectivity index (χ2v) is 4.09. The zero-order valence-corrected chi connectivity index (χ0v) is 10.8. The molecule has 0 saturated carbocycles. The van der Waals surface area contributed by atoms with E-state index in [-0.39, 0.29) is 6.04 Å². The molecule has 1 aliphatic rings. The van der Waals surface area contributed by atoms with Crippen LogP contribution >= 0.6 is 11.6 Å². The third-order valence-electron chi connectivity index (χ3n) is 2.51. The Morgan fingerprint density at radius 2 is 2.35 bits per heavy atom. The van der Waals surface area contributed by atoms with Crippen LogP contribution in [0.25, 0.3) is 0 Å². The number of aldehydes is 1. The van der Waals surface area contributed by atoms with Crippen LogP contribution in [0, 0.1) is 0 Å². The highest BCUT2D eigenvalue weighted by Crippen LogP contribution is 2.28. The largest absolute Gasteiger partial charge is 0.388 e. The first-order chi connectivity index (χ1) is 8.24. The van der Waals surface area contributed by atoms with Crippen LogP contribution in [-0.2, 0) is 16.0 Å². The maximum Gasteiger partial charge on any atom is 0.132 e. The van der Waals surface area contributed by atoms with E-state index >= 15 is 0 Å². The van der Waals surface area contributed by atoms with E-state index in [1.807, 2.05) is 6.07 Å². The highest BCUT2D eigenvalue weighted by molar-refractivity contribution is 6.30. The van der Waals surface area contributed by atoms with Crippen LogP contribution in [0.4, 0.5) is 0 Å². The Kier molecular flexibility index (Phi) is 6.11. The van der Waals surface area contributed by atoms with Gasteiger partial charge in [0.15, 0.2) is 0 Å². The number of carbonyl (C=O) groups excluding carboxylic acids is 1. The predicted molar refractivity (Wildman–Crippen MR) is 67.3 cm³/mol. The lowest BCUT2D eigenvalue weighted by atomic mass is 9.95. The molecule has 1 aromatic rings. The number of nitrogens with zero attached hydrogens (tertiary/aromatic N) is 1. The zero-order valence-electron chi connectivity index (χ0n) is 10.1. The normalized spacial score (nSPS) is 17.7. The van der Waals surface area contributed by atoms with Crippen molar-refractivity contribution < 1.29 is 9.53 Å². The molecule has 1 aliphatic heterocycles. The van der Waals surface area contributed by atoms with Gasteiger partial charge in [-0.3, -0.25) is 0 Å². The fourth-order valence-electron chi connectivity index (χ4n) is 1.84. The quantitative estimate of drug-likeness (QED) is 0.647. The van der Waals surface area contributed by atoms with Gasteiger partial charge in [-0.2, -0.15) is 0 Å². The fourth-order valence-corrected chi connectivity index (χ4v) is 2.10. The summed E-state index contributed by atoms with van der Waals surface area (Å²) in [5.41, 5.74) is 2.20. The van der Waals surface area contributed by atoms with E-state index in [2.05, 4.69) is 15.0 Å². The summed E-state index contributed by atoms with van der Waals surface area (Å²) in [5, 5.41) is 3.86. The number of ether oxygens (including phenoxy) is 1. The van der Waals surface area contributed by atoms with E-state index in [9.17, 15) is 4.79 Å². The number of methoxy groups -OCH3 is 1. The van der Waals surface area contributed by atoms with E-state index in [1.165, 1.54) is 0 Å². The van der Waals surface area contributed by atoms with E-state index in [4.69, 9.17) is 11.6 Å². The van der Waals surface area contributed by atoms with Gasteiger partial charge in [-0.1, -0.05) is 11.6 Å². The molecule has 2 rings (SSSR count). The lowest BCUT2D eigenvalue weighted by molar-refractivity contribution is -0.108. The molecule has 5 heteroatoms. The average Bonchev–Trinajstić information content (AvgIpc) is 2.32. The molecule has 2 heterocycles.